The Bertz CT molecular complexity index is 272. The van der Waals surface area contributed by atoms with Crippen LogP contribution in [0.4, 0.5) is 0 Å². The molecule has 1 aromatic rings. The van der Waals surface area contributed by atoms with E-state index >= 15 is 0 Å². The largest absolute Gasteiger partial charge is 0.494 e. The van der Waals surface area contributed by atoms with E-state index in [4.69, 9.17) is 9.84 Å². The van der Waals surface area contributed by atoms with Crippen LogP contribution in [0.15, 0.2) is 18.2 Å². The molecule has 2 heteroatoms. The predicted molar refractivity (Wildman–Crippen MR) is 62.1 cm³/mol. The first-order chi connectivity index (χ1) is 7.30. The Kier molecular flexibility index (Phi) is 5.19. The zero-order valence-electron chi connectivity index (χ0n) is 9.62. The van der Waals surface area contributed by atoms with Crippen LogP contribution in [-0.4, -0.2) is 11.7 Å². The number of aliphatic hydroxyl groups excluding tert-OH is 1. The molecule has 0 aliphatic heterocycles. The fourth-order valence-electron chi connectivity index (χ4n) is 1.44. The third kappa shape index (κ3) is 3.92. The second-order valence-corrected chi connectivity index (χ2v) is 3.70. The number of hydrogen-bond donors (Lipinski definition) is 1. The molecule has 0 aliphatic carbocycles. The van der Waals surface area contributed by atoms with Crippen molar-refractivity contribution in [3.63, 3.8) is 0 Å². The summed E-state index contributed by atoms with van der Waals surface area (Å²) in [5.74, 6) is 0.881. The standard InChI is InChI=1S/C13H20O2/c1-3-5-6-15-13-8-11(4-2)7-12(9-13)10-14/h7-9,14H,3-6,10H2,1-2H3. The first-order valence-corrected chi connectivity index (χ1v) is 5.66. The summed E-state index contributed by atoms with van der Waals surface area (Å²) < 4.78 is 5.62. The monoisotopic (exact) mass is 208 g/mol. The van der Waals surface area contributed by atoms with E-state index in [1.54, 1.807) is 0 Å². The van der Waals surface area contributed by atoms with Crippen LogP contribution in [0.5, 0.6) is 5.75 Å². The van der Waals surface area contributed by atoms with Crippen molar-refractivity contribution in [2.24, 2.45) is 0 Å². The van der Waals surface area contributed by atoms with Gasteiger partial charge < -0.3 is 9.84 Å². The van der Waals surface area contributed by atoms with E-state index in [9.17, 15) is 0 Å². The molecule has 84 valence electrons. The van der Waals surface area contributed by atoms with Gasteiger partial charge in [-0.05, 0) is 36.1 Å². The van der Waals surface area contributed by atoms with Crippen LogP contribution in [0.25, 0.3) is 0 Å². The van der Waals surface area contributed by atoms with E-state index in [0.717, 1.165) is 37.2 Å². The first kappa shape index (κ1) is 12.1. The third-order valence-corrected chi connectivity index (χ3v) is 2.38. The summed E-state index contributed by atoms with van der Waals surface area (Å²) >= 11 is 0. The molecule has 0 aromatic heterocycles. The van der Waals surface area contributed by atoms with Crippen LogP contribution in [0, 0.1) is 0 Å². The predicted octanol–water partition coefficient (Wildman–Crippen LogP) is 2.92. The SMILES string of the molecule is CCCCOc1cc(CC)cc(CO)c1. The van der Waals surface area contributed by atoms with Crippen molar-refractivity contribution in [1.29, 1.82) is 0 Å². The molecule has 0 spiro atoms. The summed E-state index contributed by atoms with van der Waals surface area (Å²) in [6.07, 6.45) is 3.18. The van der Waals surface area contributed by atoms with Crippen LogP contribution >= 0.6 is 0 Å². The van der Waals surface area contributed by atoms with E-state index in [1.165, 1.54) is 5.56 Å². The van der Waals surface area contributed by atoms with E-state index in [-0.39, 0.29) is 6.61 Å². The minimum absolute atomic E-state index is 0.0813. The molecule has 0 saturated heterocycles. The lowest BCUT2D eigenvalue weighted by atomic mass is 10.1. The van der Waals surface area contributed by atoms with Crippen molar-refractivity contribution in [1.82, 2.24) is 0 Å². The average Bonchev–Trinajstić information content (AvgIpc) is 2.29. The maximum absolute atomic E-state index is 9.10. The fraction of sp³-hybridized carbons (Fsp3) is 0.538. The van der Waals surface area contributed by atoms with Crippen LogP contribution < -0.4 is 4.74 Å². The highest BCUT2D eigenvalue weighted by molar-refractivity contribution is 5.34. The summed E-state index contributed by atoms with van der Waals surface area (Å²) in [5, 5.41) is 9.10. The molecule has 0 amide bonds. The van der Waals surface area contributed by atoms with Gasteiger partial charge in [-0.15, -0.1) is 0 Å². The molecule has 0 unspecified atom stereocenters. The smallest absolute Gasteiger partial charge is 0.119 e. The molecule has 0 heterocycles. The van der Waals surface area contributed by atoms with Gasteiger partial charge in [-0.25, -0.2) is 0 Å². The number of benzene rings is 1. The molecule has 0 fully saturated rings. The highest BCUT2D eigenvalue weighted by Gasteiger charge is 2.00. The lowest BCUT2D eigenvalue weighted by molar-refractivity contribution is 0.278. The number of aliphatic hydroxyl groups is 1. The maximum Gasteiger partial charge on any atom is 0.119 e. The van der Waals surface area contributed by atoms with Gasteiger partial charge in [0.2, 0.25) is 0 Å². The summed E-state index contributed by atoms with van der Waals surface area (Å²) in [4.78, 5) is 0. The first-order valence-electron chi connectivity index (χ1n) is 5.66. The Balaban J connectivity index is 2.68. The Hall–Kier alpha value is -1.02. The topological polar surface area (TPSA) is 29.5 Å². The summed E-state index contributed by atoms with van der Waals surface area (Å²) in [5.41, 5.74) is 2.15. The Labute approximate surface area is 91.9 Å². The number of unbranched alkanes of at least 4 members (excludes halogenated alkanes) is 1. The molecule has 15 heavy (non-hydrogen) atoms. The van der Waals surface area contributed by atoms with Crippen LogP contribution in [0.1, 0.15) is 37.8 Å². The van der Waals surface area contributed by atoms with Crippen molar-refractivity contribution >= 4 is 0 Å². The van der Waals surface area contributed by atoms with Crippen molar-refractivity contribution < 1.29 is 9.84 Å². The van der Waals surface area contributed by atoms with E-state index in [1.807, 2.05) is 12.1 Å². The minimum Gasteiger partial charge on any atom is -0.494 e. The highest BCUT2D eigenvalue weighted by Crippen LogP contribution is 2.18. The fourth-order valence-corrected chi connectivity index (χ4v) is 1.44. The Morgan fingerprint density at radius 3 is 2.47 bits per heavy atom. The van der Waals surface area contributed by atoms with Crippen molar-refractivity contribution in [2.75, 3.05) is 6.61 Å². The maximum atomic E-state index is 9.10. The van der Waals surface area contributed by atoms with Gasteiger partial charge in [-0.2, -0.15) is 0 Å². The Morgan fingerprint density at radius 2 is 1.87 bits per heavy atom. The van der Waals surface area contributed by atoms with Crippen LogP contribution in [-0.2, 0) is 13.0 Å². The third-order valence-electron chi connectivity index (χ3n) is 2.38. The van der Waals surface area contributed by atoms with Gasteiger partial charge in [-0.3, -0.25) is 0 Å². The molecule has 0 radical (unpaired) electrons. The molecule has 0 bridgehead atoms. The van der Waals surface area contributed by atoms with Gasteiger partial charge in [0.1, 0.15) is 5.75 Å². The van der Waals surface area contributed by atoms with Crippen LogP contribution in [0.3, 0.4) is 0 Å². The quantitative estimate of drug-likeness (QED) is 0.728. The number of aryl methyl sites for hydroxylation is 1. The van der Waals surface area contributed by atoms with Gasteiger partial charge in [0, 0.05) is 0 Å². The molecule has 1 N–H and O–H groups in total. The van der Waals surface area contributed by atoms with E-state index in [0.29, 0.717) is 0 Å². The lowest BCUT2D eigenvalue weighted by Crippen LogP contribution is -1.98. The van der Waals surface area contributed by atoms with Crippen molar-refractivity contribution in [2.45, 2.75) is 39.7 Å². The number of ether oxygens (including phenoxy) is 1. The van der Waals surface area contributed by atoms with Gasteiger partial charge >= 0.3 is 0 Å². The summed E-state index contributed by atoms with van der Waals surface area (Å²) in [6, 6.07) is 5.98. The van der Waals surface area contributed by atoms with E-state index < -0.39 is 0 Å². The number of hydrogen-bond acceptors (Lipinski definition) is 2. The Morgan fingerprint density at radius 1 is 1.13 bits per heavy atom. The summed E-state index contributed by atoms with van der Waals surface area (Å²) in [7, 11) is 0. The second kappa shape index (κ2) is 6.46. The second-order valence-electron chi connectivity index (χ2n) is 3.70. The van der Waals surface area contributed by atoms with Gasteiger partial charge in [0.25, 0.3) is 0 Å². The van der Waals surface area contributed by atoms with Gasteiger partial charge in [-0.1, -0.05) is 26.3 Å². The molecular weight excluding hydrogens is 188 g/mol. The minimum atomic E-state index is 0.0813. The van der Waals surface area contributed by atoms with Crippen molar-refractivity contribution in [3.05, 3.63) is 29.3 Å². The molecule has 0 aliphatic rings. The molecule has 0 atom stereocenters. The molecule has 0 saturated carbocycles. The van der Waals surface area contributed by atoms with Crippen LogP contribution in [0.2, 0.25) is 0 Å². The zero-order chi connectivity index (χ0) is 11.1. The summed E-state index contributed by atoms with van der Waals surface area (Å²) in [6.45, 7) is 5.09. The molecule has 1 rings (SSSR count). The number of rotatable bonds is 6. The molecule has 1 aromatic carbocycles. The van der Waals surface area contributed by atoms with Gasteiger partial charge in [0.15, 0.2) is 0 Å². The molecular formula is C13H20O2. The average molecular weight is 208 g/mol. The lowest BCUT2D eigenvalue weighted by Gasteiger charge is -2.09. The van der Waals surface area contributed by atoms with E-state index in [2.05, 4.69) is 19.9 Å². The van der Waals surface area contributed by atoms with Crippen molar-refractivity contribution in [3.8, 4) is 5.75 Å². The highest BCUT2D eigenvalue weighted by atomic mass is 16.5. The van der Waals surface area contributed by atoms with Gasteiger partial charge in [0.05, 0.1) is 13.2 Å². The zero-order valence-corrected chi connectivity index (χ0v) is 9.62. The molecule has 2 nitrogen and oxygen atoms in total. The normalized spacial score (nSPS) is 10.3.